The van der Waals surface area contributed by atoms with Gasteiger partial charge in [0.15, 0.2) is 29.0 Å². The van der Waals surface area contributed by atoms with E-state index < -0.39 is 31.1 Å². The van der Waals surface area contributed by atoms with Gasteiger partial charge in [-0.3, -0.25) is 9.25 Å². The Morgan fingerprint density at radius 3 is 2.76 bits per heavy atom. The SMILES string of the molecule is CCCCn1cc(-c2nc(NC)c3ncn([C@@H]4O[C@H](CO)[C@@H](O)[C@H]4O)c3n2)nn1. The van der Waals surface area contributed by atoms with Crippen LogP contribution in [0.25, 0.3) is 22.7 Å². The summed E-state index contributed by atoms with van der Waals surface area (Å²) in [7, 11) is 1.72. The van der Waals surface area contributed by atoms with Gasteiger partial charge in [-0.1, -0.05) is 18.6 Å². The molecule has 1 aliphatic heterocycles. The van der Waals surface area contributed by atoms with E-state index in [-0.39, 0.29) is 0 Å². The predicted octanol–water partition coefficient (Wildman–Crippen LogP) is -0.462. The normalized spacial score (nSPS) is 24.4. The highest BCUT2D eigenvalue weighted by Crippen LogP contribution is 2.33. The smallest absolute Gasteiger partial charge is 0.185 e. The number of aliphatic hydroxyl groups excluding tert-OH is 3. The Hall–Kier alpha value is -2.67. The lowest BCUT2D eigenvalue weighted by Gasteiger charge is -2.16. The number of anilines is 1. The number of aromatic nitrogens is 7. The monoisotopic (exact) mass is 404 g/mol. The van der Waals surface area contributed by atoms with Gasteiger partial charge in [0.25, 0.3) is 0 Å². The molecule has 0 aromatic carbocycles. The molecule has 156 valence electrons. The fraction of sp³-hybridized carbons (Fsp3) is 0.588. The first-order chi connectivity index (χ1) is 14.1. The van der Waals surface area contributed by atoms with Gasteiger partial charge in [-0.25, -0.2) is 15.0 Å². The number of ether oxygens (including phenoxy) is 1. The molecule has 1 aliphatic rings. The summed E-state index contributed by atoms with van der Waals surface area (Å²) in [5.41, 5.74) is 1.39. The number of rotatable bonds is 7. The number of hydrogen-bond donors (Lipinski definition) is 4. The number of hydrogen-bond acceptors (Lipinski definition) is 10. The van der Waals surface area contributed by atoms with Crippen molar-refractivity contribution >= 4 is 17.0 Å². The molecule has 0 amide bonds. The molecular formula is C17H24N8O4. The van der Waals surface area contributed by atoms with Crippen LogP contribution < -0.4 is 5.32 Å². The van der Waals surface area contributed by atoms with Crippen molar-refractivity contribution in [3.63, 3.8) is 0 Å². The highest BCUT2D eigenvalue weighted by molar-refractivity contribution is 5.84. The minimum atomic E-state index is -1.24. The van der Waals surface area contributed by atoms with Crippen molar-refractivity contribution in [3.05, 3.63) is 12.5 Å². The maximum absolute atomic E-state index is 10.4. The summed E-state index contributed by atoms with van der Waals surface area (Å²) in [6.07, 6.45) is 0.984. The molecule has 0 aliphatic carbocycles. The molecule has 4 rings (SSSR count). The second-order valence-corrected chi connectivity index (χ2v) is 6.92. The van der Waals surface area contributed by atoms with Gasteiger partial charge < -0.3 is 25.4 Å². The zero-order chi connectivity index (χ0) is 20.5. The molecule has 4 atom stereocenters. The van der Waals surface area contributed by atoms with Crippen LogP contribution in [-0.4, -0.2) is 81.8 Å². The van der Waals surface area contributed by atoms with Gasteiger partial charge in [-0.05, 0) is 6.42 Å². The van der Waals surface area contributed by atoms with E-state index in [9.17, 15) is 15.3 Å². The van der Waals surface area contributed by atoms with E-state index in [0.717, 1.165) is 19.4 Å². The number of aliphatic hydroxyl groups is 3. The van der Waals surface area contributed by atoms with Crippen LogP contribution in [0.2, 0.25) is 0 Å². The van der Waals surface area contributed by atoms with Gasteiger partial charge in [-0.2, -0.15) is 0 Å². The minimum Gasteiger partial charge on any atom is -0.394 e. The Morgan fingerprint density at radius 1 is 1.24 bits per heavy atom. The first-order valence-electron chi connectivity index (χ1n) is 9.52. The maximum atomic E-state index is 10.4. The zero-order valence-corrected chi connectivity index (χ0v) is 16.2. The summed E-state index contributed by atoms with van der Waals surface area (Å²) in [5.74, 6) is 0.830. The molecular weight excluding hydrogens is 380 g/mol. The lowest BCUT2D eigenvalue weighted by molar-refractivity contribution is -0.0511. The number of nitrogens with one attached hydrogen (secondary N) is 1. The second kappa shape index (κ2) is 7.99. The largest absolute Gasteiger partial charge is 0.394 e. The fourth-order valence-corrected chi connectivity index (χ4v) is 3.33. The first-order valence-corrected chi connectivity index (χ1v) is 9.52. The number of unbranched alkanes of at least 4 members (excludes halogenated alkanes) is 1. The van der Waals surface area contributed by atoms with Crippen LogP contribution >= 0.6 is 0 Å². The van der Waals surface area contributed by atoms with E-state index in [2.05, 4.69) is 37.5 Å². The van der Waals surface area contributed by atoms with Crippen LogP contribution in [0.1, 0.15) is 26.0 Å². The third-order valence-corrected chi connectivity index (χ3v) is 4.96. The number of fused-ring (bicyclic) bond motifs is 1. The van der Waals surface area contributed by atoms with Gasteiger partial charge in [0, 0.05) is 13.6 Å². The Morgan fingerprint density at radius 2 is 2.07 bits per heavy atom. The summed E-state index contributed by atoms with van der Waals surface area (Å²) < 4.78 is 8.88. The molecule has 3 aromatic heterocycles. The molecule has 29 heavy (non-hydrogen) atoms. The molecule has 0 bridgehead atoms. The third kappa shape index (κ3) is 3.44. The van der Waals surface area contributed by atoms with Crippen LogP contribution in [0.3, 0.4) is 0 Å². The average molecular weight is 404 g/mol. The Balaban J connectivity index is 1.75. The summed E-state index contributed by atoms with van der Waals surface area (Å²) in [4.78, 5) is 13.4. The lowest BCUT2D eigenvalue weighted by atomic mass is 10.1. The van der Waals surface area contributed by atoms with Crippen LogP contribution in [0.5, 0.6) is 0 Å². The van der Waals surface area contributed by atoms with E-state index >= 15 is 0 Å². The molecule has 4 N–H and O–H groups in total. The number of aryl methyl sites for hydroxylation is 1. The molecule has 0 saturated carbocycles. The Labute approximate surface area is 166 Å². The van der Waals surface area contributed by atoms with E-state index in [1.54, 1.807) is 17.9 Å². The Bertz CT molecular complexity index is 989. The van der Waals surface area contributed by atoms with Crippen LogP contribution in [0, 0.1) is 0 Å². The molecule has 1 saturated heterocycles. The van der Waals surface area contributed by atoms with Crippen LogP contribution in [-0.2, 0) is 11.3 Å². The van der Waals surface area contributed by atoms with Crippen molar-refractivity contribution in [1.29, 1.82) is 0 Å². The molecule has 12 nitrogen and oxygen atoms in total. The number of imidazole rings is 1. The van der Waals surface area contributed by atoms with Crippen LogP contribution in [0.15, 0.2) is 12.5 Å². The molecule has 1 fully saturated rings. The van der Waals surface area contributed by atoms with Crippen molar-refractivity contribution in [2.24, 2.45) is 0 Å². The zero-order valence-electron chi connectivity index (χ0n) is 16.2. The van der Waals surface area contributed by atoms with Gasteiger partial charge in [0.1, 0.15) is 24.0 Å². The maximum Gasteiger partial charge on any atom is 0.185 e. The molecule has 0 unspecified atom stereocenters. The molecule has 3 aromatic rings. The Kier molecular flexibility index (Phi) is 5.41. The van der Waals surface area contributed by atoms with Crippen molar-refractivity contribution in [3.8, 4) is 11.5 Å². The van der Waals surface area contributed by atoms with Gasteiger partial charge >= 0.3 is 0 Å². The van der Waals surface area contributed by atoms with Crippen LogP contribution in [0.4, 0.5) is 5.82 Å². The summed E-state index contributed by atoms with van der Waals surface area (Å²) in [6.45, 7) is 2.45. The molecule has 0 radical (unpaired) electrons. The highest BCUT2D eigenvalue weighted by Gasteiger charge is 2.44. The summed E-state index contributed by atoms with van der Waals surface area (Å²) in [6, 6.07) is 0. The lowest BCUT2D eigenvalue weighted by Crippen LogP contribution is -2.33. The predicted molar refractivity (Wildman–Crippen MR) is 102 cm³/mol. The molecule has 0 spiro atoms. The standard InChI is InChI=1S/C17H24N8O4/c1-3-4-5-24-6-9(22-23-24)14-20-15(18-2)11-16(21-14)25(8-19-11)17-13(28)12(27)10(7-26)29-17/h6,8,10,12-13,17,26-28H,3-5,7H2,1-2H3,(H,18,20,21)/t10-,12-,13-,17-/m1/s1. The number of nitrogens with zero attached hydrogens (tertiary/aromatic N) is 7. The van der Waals surface area contributed by atoms with E-state index in [4.69, 9.17) is 4.74 Å². The first kappa shape index (κ1) is 19.6. The van der Waals surface area contributed by atoms with Gasteiger partial charge in [-0.15, -0.1) is 5.10 Å². The van der Waals surface area contributed by atoms with Gasteiger partial charge in [0.05, 0.1) is 19.1 Å². The summed E-state index contributed by atoms with van der Waals surface area (Å²) in [5, 5.41) is 41.1. The molecule has 12 heteroatoms. The third-order valence-electron chi connectivity index (χ3n) is 4.96. The van der Waals surface area contributed by atoms with Gasteiger partial charge in [0.2, 0.25) is 0 Å². The quantitative estimate of drug-likeness (QED) is 0.406. The van der Waals surface area contributed by atoms with Crippen molar-refractivity contribution in [1.82, 2.24) is 34.5 Å². The minimum absolute atomic E-state index is 0.345. The van der Waals surface area contributed by atoms with Crippen molar-refractivity contribution < 1.29 is 20.1 Å². The van der Waals surface area contributed by atoms with Crippen molar-refractivity contribution in [2.45, 2.75) is 50.8 Å². The highest BCUT2D eigenvalue weighted by atomic mass is 16.6. The fourth-order valence-electron chi connectivity index (χ4n) is 3.33. The topological polar surface area (TPSA) is 156 Å². The molecule has 4 heterocycles. The summed E-state index contributed by atoms with van der Waals surface area (Å²) >= 11 is 0. The average Bonchev–Trinajstić information content (AvgIpc) is 3.44. The van der Waals surface area contributed by atoms with E-state index in [1.165, 1.54) is 10.9 Å². The van der Waals surface area contributed by atoms with E-state index in [0.29, 0.717) is 28.5 Å². The van der Waals surface area contributed by atoms with E-state index in [1.807, 2.05) is 0 Å². The second-order valence-electron chi connectivity index (χ2n) is 6.92. The van der Waals surface area contributed by atoms with Crippen molar-refractivity contribution in [2.75, 3.05) is 19.0 Å².